The number of ether oxygens (including phenoxy) is 1. The summed E-state index contributed by atoms with van der Waals surface area (Å²) in [6.45, 7) is 2.73. The Morgan fingerprint density at radius 1 is 1.38 bits per heavy atom. The molecule has 2 atom stereocenters. The summed E-state index contributed by atoms with van der Waals surface area (Å²) < 4.78 is 5.94. The number of nitrogens with two attached hydrogens (primary N) is 1. The summed E-state index contributed by atoms with van der Waals surface area (Å²) in [5, 5.41) is 0. The van der Waals surface area contributed by atoms with Crippen molar-refractivity contribution in [3.63, 3.8) is 0 Å². The van der Waals surface area contributed by atoms with Gasteiger partial charge in [-0.05, 0) is 31.2 Å². The van der Waals surface area contributed by atoms with Crippen molar-refractivity contribution in [2.75, 3.05) is 0 Å². The third-order valence-corrected chi connectivity index (χ3v) is 3.30. The minimum atomic E-state index is 0.328. The molecule has 1 aliphatic carbocycles. The van der Waals surface area contributed by atoms with Gasteiger partial charge in [0.25, 0.3) is 0 Å². The molecule has 0 radical (unpaired) electrons. The summed E-state index contributed by atoms with van der Waals surface area (Å²) in [6, 6.07) is 5.80. The highest BCUT2D eigenvalue weighted by Gasteiger charge is 2.23. The molecule has 0 amide bonds. The van der Waals surface area contributed by atoms with E-state index in [2.05, 4.69) is 11.9 Å². The van der Waals surface area contributed by atoms with E-state index < -0.39 is 0 Å². The predicted molar refractivity (Wildman–Crippen MR) is 64.2 cm³/mol. The Balaban J connectivity index is 2.01. The molecule has 0 spiro atoms. The standard InChI is InChI=1S/C13H20N2O/c1-10-5-2-3-7-12(10)16-13-8-4-6-11(9-14)15-13/h4,6,8,10,12H,2-3,5,7,9,14H2,1H3. The third kappa shape index (κ3) is 2.73. The highest BCUT2D eigenvalue weighted by molar-refractivity contribution is 5.16. The van der Waals surface area contributed by atoms with Gasteiger partial charge in [0.15, 0.2) is 0 Å². The van der Waals surface area contributed by atoms with Crippen LogP contribution < -0.4 is 10.5 Å². The van der Waals surface area contributed by atoms with Crippen LogP contribution in [0.1, 0.15) is 38.3 Å². The molecular weight excluding hydrogens is 200 g/mol. The topological polar surface area (TPSA) is 48.1 Å². The molecule has 1 fully saturated rings. The van der Waals surface area contributed by atoms with Crippen molar-refractivity contribution in [2.24, 2.45) is 11.7 Å². The van der Waals surface area contributed by atoms with Gasteiger partial charge in [-0.15, -0.1) is 0 Å². The van der Waals surface area contributed by atoms with Gasteiger partial charge in [-0.25, -0.2) is 4.98 Å². The lowest BCUT2D eigenvalue weighted by molar-refractivity contribution is 0.0974. The minimum Gasteiger partial charge on any atom is -0.474 e. The molecule has 1 saturated carbocycles. The maximum absolute atomic E-state index is 5.94. The van der Waals surface area contributed by atoms with Gasteiger partial charge in [-0.3, -0.25) is 0 Å². The summed E-state index contributed by atoms with van der Waals surface area (Å²) in [7, 11) is 0. The monoisotopic (exact) mass is 220 g/mol. The van der Waals surface area contributed by atoms with E-state index in [1.807, 2.05) is 18.2 Å². The molecule has 0 saturated heterocycles. The molecule has 88 valence electrons. The van der Waals surface area contributed by atoms with Crippen molar-refractivity contribution in [3.05, 3.63) is 23.9 Å². The predicted octanol–water partition coefficient (Wildman–Crippen LogP) is 2.50. The molecule has 1 aromatic rings. The van der Waals surface area contributed by atoms with Crippen LogP contribution in [0.3, 0.4) is 0 Å². The van der Waals surface area contributed by atoms with Crippen LogP contribution >= 0.6 is 0 Å². The summed E-state index contributed by atoms with van der Waals surface area (Å²) >= 11 is 0. The van der Waals surface area contributed by atoms with E-state index in [9.17, 15) is 0 Å². The van der Waals surface area contributed by atoms with Crippen LogP contribution in [0.25, 0.3) is 0 Å². The lowest BCUT2D eigenvalue weighted by Gasteiger charge is -2.28. The fourth-order valence-electron chi connectivity index (χ4n) is 2.25. The van der Waals surface area contributed by atoms with Crippen molar-refractivity contribution in [1.29, 1.82) is 0 Å². The summed E-state index contributed by atoms with van der Waals surface area (Å²) in [4.78, 5) is 4.37. The minimum absolute atomic E-state index is 0.328. The van der Waals surface area contributed by atoms with Crippen molar-refractivity contribution >= 4 is 0 Å². The molecule has 16 heavy (non-hydrogen) atoms. The van der Waals surface area contributed by atoms with Crippen LogP contribution in [-0.2, 0) is 6.54 Å². The fourth-order valence-corrected chi connectivity index (χ4v) is 2.25. The zero-order valence-electron chi connectivity index (χ0n) is 9.86. The van der Waals surface area contributed by atoms with Crippen LogP contribution in [0.15, 0.2) is 18.2 Å². The van der Waals surface area contributed by atoms with Gasteiger partial charge in [0.1, 0.15) is 6.10 Å². The zero-order valence-corrected chi connectivity index (χ0v) is 9.86. The quantitative estimate of drug-likeness (QED) is 0.851. The molecule has 0 aromatic carbocycles. The van der Waals surface area contributed by atoms with E-state index in [0.717, 1.165) is 18.0 Å². The first kappa shape index (κ1) is 11.4. The maximum Gasteiger partial charge on any atom is 0.213 e. The highest BCUT2D eigenvalue weighted by atomic mass is 16.5. The van der Waals surface area contributed by atoms with Crippen LogP contribution in [0.4, 0.5) is 0 Å². The van der Waals surface area contributed by atoms with Crippen molar-refractivity contribution < 1.29 is 4.74 Å². The highest BCUT2D eigenvalue weighted by Crippen LogP contribution is 2.27. The molecule has 3 heteroatoms. The average Bonchev–Trinajstić information content (AvgIpc) is 2.32. The first-order valence-electron chi connectivity index (χ1n) is 6.12. The zero-order chi connectivity index (χ0) is 11.4. The number of hydrogen-bond donors (Lipinski definition) is 1. The first-order valence-corrected chi connectivity index (χ1v) is 6.12. The smallest absolute Gasteiger partial charge is 0.213 e. The SMILES string of the molecule is CC1CCCCC1Oc1cccc(CN)n1. The fraction of sp³-hybridized carbons (Fsp3) is 0.615. The van der Waals surface area contributed by atoms with Gasteiger partial charge >= 0.3 is 0 Å². The van der Waals surface area contributed by atoms with Crippen molar-refractivity contribution in [2.45, 2.75) is 45.3 Å². The Morgan fingerprint density at radius 3 is 2.94 bits per heavy atom. The normalized spacial score (nSPS) is 25.4. The lowest BCUT2D eigenvalue weighted by Crippen LogP contribution is -2.28. The summed E-state index contributed by atoms with van der Waals surface area (Å²) in [6.07, 6.45) is 5.34. The average molecular weight is 220 g/mol. The molecule has 1 heterocycles. The van der Waals surface area contributed by atoms with Gasteiger partial charge in [-0.2, -0.15) is 0 Å². The third-order valence-electron chi connectivity index (χ3n) is 3.30. The Kier molecular flexibility index (Phi) is 3.78. The van der Waals surface area contributed by atoms with Gasteiger partial charge in [0.05, 0.1) is 5.69 Å². The Morgan fingerprint density at radius 2 is 2.19 bits per heavy atom. The van der Waals surface area contributed by atoms with E-state index in [-0.39, 0.29) is 0 Å². The van der Waals surface area contributed by atoms with Crippen LogP contribution in [0.5, 0.6) is 5.88 Å². The molecule has 1 aromatic heterocycles. The second-order valence-electron chi connectivity index (χ2n) is 4.59. The second kappa shape index (κ2) is 5.30. The molecule has 2 unspecified atom stereocenters. The van der Waals surface area contributed by atoms with Gasteiger partial charge in [-0.1, -0.05) is 19.4 Å². The van der Waals surface area contributed by atoms with Crippen molar-refractivity contribution in [1.82, 2.24) is 4.98 Å². The molecule has 0 aliphatic heterocycles. The van der Waals surface area contributed by atoms with E-state index in [0.29, 0.717) is 18.6 Å². The molecule has 1 aliphatic rings. The van der Waals surface area contributed by atoms with E-state index in [1.165, 1.54) is 19.3 Å². The molecular formula is C13H20N2O. The largest absolute Gasteiger partial charge is 0.474 e. The van der Waals surface area contributed by atoms with E-state index in [1.54, 1.807) is 0 Å². The Hall–Kier alpha value is -1.09. The van der Waals surface area contributed by atoms with Gasteiger partial charge in [0.2, 0.25) is 5.88 Å². The number of aromatic nitrogens is 1. The molecule has 2 N–H and O–H groups in total. The number of pyridine rings is 1. The molecule has 0 bridgehead atoms. The van der Waals surface area contributed by atoms with Crippen molar-refractivity contribution in [3.8, 4) is 5.88 Å². The number of hydrogen-bond acceptors (Lipinski definition) is 3. The maximum atomic E-state index is 5.94. The van der Waals surface area contributed by atoms with E-state index >= 15 is 0 Å². The van der Waals surface area contributed by atoms with Gasteiger partial charge < -0.3 is 10.5 Å². The van der Waals surface area contributed by atoms with E-state index in [4.69, 9.17) is 10.5 Å². The number of rotatable bonds is 3. The first-order chi connectivity index (χ1) is 7.79. The van der Waals surface area contributed by atoms with Crippen LogP contribution in [-0.4, -0.2) is 11.1 Å². The Labute approximate surface area is 97.0 Å². The Bertz CT molecular complexity index is 340. The second-order valence-corrected chi connectivity index (χ2v) is 4.59. The van der Waals surface area contributed by atoms with Crippen LogP contribution in [0, 0.1) is 5.92 Å². The van der Waals surface area contributed by atoms with Crippen LogP contribution in [0.2, 0.25) is 0 Å². The lowest BCUT2D eigenvalue weighted by atomic mass is 9.88. The molecule has 3 nitrogen and oxygen atoms in total. The number of nitrogens with zero attached hydrogens (tertiary/aromatic N) is 1. The van der Waals surface area contributed by atoms with Gasteiger partial charge in [0, 0.05) is 12.6 Å². The summed E-state index contributed by atoms with van der Waals surface area (Å²) in [5.41, 5.74) is 6.45. The molecule has 2 rings (SSSR count). The summed E-state index contributed by atoms with van der Waals surface area (Å²) in [5.74, 6) is 1.36.